The molecule has 0 bridgehead atoms. The molecule has 26 heavy (non-hydrogen) atoms. The summed E-state index contributed by atoms with van der Waals surface area (Å²) in [4.78, 5) is 18.9. The number of hydrogen-bond acceptors (Lipinski definition) is 6. The maximum Gasteiger partial charge on any atom is 0.416 e. The molecule has 0 atom stereocenters. The van der Waals surface area contributed by atoms with Crippen molar-refractivity contribution in [2.45, 2.75) is 6.18 Å². The second-order valence-electron chi connectivity index (χ2n) is 5.97. The van der Waals surface area contributed by atoms with Crippen LogP contribution in [0.1, 0.15) is 11.3 Å². The molecule has 4 rings (SSSR count). The number of pyridine rings is 1. The molecule has 1 aliphatic heterocycles. The molecule has 0 spiro atoms. The number of hydrogen-bond donors (Lipinski definition) is 1. The van der Waals surface area contributed by atoms with Gasteiger partial charge in [0.1, 0.15) is 11.2 Å². The number of alkyl halides is 3. The minimum atomic E-state index is -4.45. The fourth-order valence-corrected chi connectivity index (χ4v) is 2.88. The van der Waals surface area contributed by atoms with Crippen LogP contribution < -0.4 is 5.73 Å². The average molecular weight is 358 g/mol. The lowest BCUT2D eigenvalue weighted by atomic mass is 10.0. The zero-order valence-electron chi connectivity index (χ0n) is 13.6. The molecule has 0 fully saturated rings. The first-order valence-electron chi connectivity index (χ1n) is 7.70. The van der Waals surface area contributed by atoms with Crippen LogP contribution in [0.5, 0.6) is 0 Å². The van der Waals surface area contributed by atoms with Crippen molar-refractivity contribution in [1.82, 2.24) is 19.9 Å². The highest BCUT2D eigenvalue weighted by Crippen LogP contribution is 2.33. The standard InChI is InChI=1S/C17H13F3N6/c1-26-5-4-22-13(8-26)15-14-11(7-23-16(21)25-14)10-3-2-9(17(18,19)20)6-12(10)24-15/h2-7H,8H2,1H3,(H2,21,23,25). The van der Waals surface area contributed by atoms with Gasteiger partial charge in [0, 0.05) is 36.4 Å². The van der Waals surface area contributed by atoms with E-state index >= 15 is 0 Å². The predicted molar refractivity (Wildman–Crippen MR) is 92.6 cm³/mol. The van der Waals surface area contributed by atoms with E-state index in [2.05, 4.69) is 19.9 Å². The number of nitrogen functional groups attached to an aromatic ring is 1. The van der Waals surface area contributed by atoms with Crippen LogP contribution >= 0.6 is 0 Å². The van der Waals surface area contributed by atoms with E-state index in [9.17, 15) is 13.2 Å². The summed E-state index contributed by atoms with van der Waals surface area (Å²) in [5, 5.41) is 1.10. The average Bonchev–Trinajstić information content (AvgIpc) is 2.59. The number of likely N-dealkylation sites (N-methyl/N-ethyl adjacent to an activating group) is 1. The molecule has 6 nitrogen and oxygen atoms in total. The van der Waals surface area contributed by atoms with Gasteiger partial charge in [-0.25, -0.2) is 15.0 Å². The summed E-state index contributed by atoms with van der Waals surface area (Å²) in [5.74, 6) is 0.0621. The van der Waals surface area contributed by atoms with E-state index in [-0.39, 0.29) is 11.5 Å². The van der Waals surface area contributed by atoms with Crippen LogP contribution in [0, 0.1) is 0 Å². The van der Waals surface area contributed by atoms with Gasteiger partial charge in [-0.15, -0.1) is 0 Å². The first kappa shape index (κ1) is 16.2. The van der Waals surface area contributed by atoms with Gasteiger partial charge in [0.2, 0.25) is 5.95 Å². The van der Waals surface area contributed by atoms with Gasteiger partial charge < -0.3 is 10.6 Å². The summed E-state index contributed by atoms with van der Waals surface area (Å²) < 4.78 is 39.2. The molecule has 1 aromatic carbocycles. The van der Waals surface area contributed by atoms with Crippen LogP contribution in [0.25, 0.3) is 21.8 Å². The quantitative estimate of drug-likeness (QED) is 0.677. The topological polar surface area (TPSA) is 80.3 Å². The van der Waals surface area contributed by atoms with Crippen molar-refractivity contribution in [2.75, 3.05) is 19.3 Å². The number of anilines is 1. The summed E-state index contributed by atoms with van der Waals surface area (Å²) in [6.07, 6.45) is 0.445. The predicted octanol–water partition coefficient (Wildman–Crippen LogP) is 2.98. The second-order valence-corrected chi connectivity index (χ2v) is 5.97. The molecule has 0 saturated carbocycles. The Morgan fingerprint density at radius 1 is 1.15 bits per heavy atom. The summed E-state index contributed by atoms with van der Waals surface area (Å²) in [7, 11) is 1.86. The molecule has 0 saturated heterocycles. The fraction of sp³-hybridized carbons (Fsp3) is 0.176. The van der Waals surface area contributed by atoms with Crippen molar-refractivity contribution in [3.05, 3.63) is 48.1 Å². The van der Waals surface area contributed by atoms with Gasteiger partial charge in [-0.2, -0.15) is 13.2 Å². The lowest BCUT2D eigenvalue weighted by Crippen LogP contribution is -2.25. The Bertz CT molecular complexity index is 1090. The smallest absolute Gasteiger partial charge is 0.373 e. The van der Waals surface area contributed by atoms with Crippen LogP contribution in [-0.2, 0) is 6.18 Å². The van der Waals surface area contributed by atoms with Crippen LogP contribution in [0.15, 0.2) is 41.8 Å². The normalized spacial score (nSPS) is 14.9. The first-order chi connectivity index (χ1) is 12.3. The van der Waals surface area contributed by atoms with E-state index in [0.29, 0.717) is 34.2 Å². The minimum absolute atomic E-state index is 0.0621. The molecule has 0 amide bonds. The maximum atomic E-state index is 13.1. The van der Waals surface area contributed by atoms with Crippen LogP contribution in [0.2, 0.25) is 0 Å². The SMILES string of the molecule is CN1C=CN=C(c2nc3cc(C(F)(F)F)ccc3c3cnc(N)nc23)C1. The second kappa shape index (κ2) is 5.65. The minimum Gasteiger partial charge on any atom is -0.373 e. The van der Waals surface area contributed by atoms with Crippen molar-refractivity contribution in [1.29, 1.82) is 0 Å². The van der Waals surface area contributed by atoms with Crippen molar-refractivity contribution in [2.24, 2.45) is 4.99 Å². The van der Waals surface area contributed by atoms with Crippen molar-refractivity contribution < 1.29 is 13.2 Å². The molecule has 0 radical (unpaired) electrons. The Morgan fingerprint density at radius 2 is 1.96 bits per heavy atom. The lowest BCUT2D eigenvalue weighted by molar-refractivity contribution is -0.137. The van der Waals surface area contributed by atoms with Crippen LogP contribution in [0.4, 0.5) is 19.1 Å². The number of rotatable bonds is 1. The van der Waals surface area contributed by atoms with E-state index in [4.69, 9.17) is 5.73 Å². The van der Waals surface area contributed by atoms with Gasteiger partial charge in [-0.1, -0.05) is 6.07 Å². The number of fused-ring (bicyclic) bond motifs is 3. The summed E-state index contributed by atoms with van der Waals surface area (Å²) >= 11 is 0. The molecule has 132 valence electrons. The third-order valence-corrected chi connectivity index (χ3v) is 4.10. The Morgan fingerprint density at radius 3 is 2.69 bits per heavy atom. The Labute approximate surface area is 145 Å². The highest BCUT2D eigenvalue weighted by molar-refractivity contribution is 6.16. The van der Waals surface area contributed by atoms with Crippen molar-refractivity contribution >= 4 is 33.5 Å². The zero-order chi connectivity index (χ0) is 18.5. The summed E-state index contributed by atoms with van der Waals surface area (Å²) in [6.45, 7) is 0.451. The van der Waals surface area contributed by atoms with Gasteiger partial charge in [0.05, 0.1) is 23.3 Å². The number of benzene rings is 1. The van der Waals surface area contributed by atoms with Gasteiger partial charge in [-0.3, -0.25) is 4.99 Å². The van der Waals surface area contributed by atoms with E-state index in [1.165, 1.54) is 12.3 Å². The van der Waals surface area contributed by atoms with Gasteiger partial charge in [0.15, 0.2) is 0 Å². The number of aromatic nitrogens is 3. The van der Waals surface area contributed by atoms with E-state index < -0.39 is 11.7 Å². The molecule has 2 aromatic heterocycles. The molecular weight excluding hydrogens is 345 g/mol. The fourth-order valence-electron chi connectivity index (χ4n) is 2.88. The van der Waals surface area contributed by atoms with E-state index in [1.807, 2.05) is 11.9 Å². The van der Waals surface area contributed by atoms with Crippen LogP contribution in [-0.4, -0.2) is 39.2 Å². The lowest BCUT2D eigenvalue weighted by Gasteiger charge is -2.19. The van der Waals surface area contributed by atoms with Gasteiger partial charge >= 0.3 is 6.18 Å². The molecule has 2 N–H and O–H groups in total. The highest BCUT2D eigenvalue weighted by atomic mass is 19.4. The maximum absolute atomic E-state index is 13.1. The number of nitrogens with zero attached hydrogens (tertiary/aromatic N) is 5. The number of nitrogens with two attached hydrogens (primary N) is 1. The summed E-state index contributed by atoms with van der Waals surface area (Å²) in [6, 6.07) is 3.43. The van der Waals surface area contributed by atoms with Crippen molar-refractivity contribution in [3.63, 3.8) is 0 Å². The molecular formula is C17H13F3N6. The van der Waals surface area contributed by atoms with E-state index in [0.717, 1.165) is 12.1 Å². The third kappa shape index (κ3) is 2.71. The molecule has 3 aromatic rings. The Hall–Kier alpha value is -3.23. The molecule has 0 unspecified atom stereocenters. The van der Waals surface area contributed by atoms with Crippen LogP contribution in [0.3, 0.4) is 0 Å². The number of halogens is 3. The highest BCUT2D eigenvalue weighted by Gasteiger charge is 2.31. The molecule has 0 aliphatic carbocycles. The molecule has 9 heteroatoms. The Kier molecular flexibility index (Phi) is 3.53. The summed E-state index contributed by atoms with van der Waals surface area (Å²) in [5.41, 5.74) is 6.61. The monoisotopic (exact) mass is 358 g/mol. The number of aliphatic imine (C=N–C) groups is 1. The van der Waals surface area contributed by atoms with E-state index in [1.54, 1.807) is 12.4 Å². The third-order valence-electron chi connectivity index (χ3n) is 4.10. The Balaban J connectivity index is 2.05. The molecule has 1 aliphatic rings. The largest absolute Gasteiger partial charge is 0.416 e. The first-order valence-corrected chi connectivity index (χ1v) is 7.70. The zero-order valence-corrected chi connectivity index (χ0v) is 13.6. The van der Waals surface area contributed by atoms with Crippen molar-refractivity contribution in [3.8, 4) is 0 Å². The van der Waals surface area contributed by atoms with Gasteiger partial charge in [0.25, 0.3) is 0 Å². The van der Waals surface area contributed by atoms with Gasteiger partial charge in [-0.05, 0) is 12.1 Å². The molecule has 3 heterocycles.